The van der Waals surface area contributed by atoms with Gasteiger partial charge in [-0.05, 0) is 30.5 Å². The average molecular weight is 373 g/mol. The molecule has 1 N–H and O–H groups in total. The number of hydrogen-bond acceptors (Lipinski definition) is 5. The van der Waals surface area contributed by atoms with Crippen molar-refractivity contribution in [1.29, 1.82) is 0 Å². The summed E-state index contributed by atoms with van der Waals surface area (Å²) in [4.78, 5) is 31.5. The number of alkyl halides is 2. The van der Waals surface area contributed by atoms with E-state index in [-0.39, 0.29) is 52.5 Å². The maximum atomic E-state index is 12.3. The zero-order valence-electron chi connectivity index (χ0n) is 13.6. The van der Waals surface area contributed by atoms with Crippen molar-refractivity contribution in [3.63, 3.8) is 0 Å². The summed E-state index contributed by atoms with van der Waals surface area (Å²) in [6.07, 6.45) is 1.19. The predicted octanol–water partition coefficient (Wildman–Crippen LogP) is -1.34. The predicted molar refractivity (Wildman–Crippen MR) is 80.8 cm³/mol. The molecule has 0 radical (unpaired) electrons. The van der Waals surface area contributed by atoms with Gasteiger partial charge in [-0.3, -0.25) is 4.79 Å². The van der Waals surface area contributed by atoms with Gasteiger partial charge in [0.05, 0.1) is 7.11 Å². The second kappa shape index (κ2) is 7.85. The van der Waals surface area contributed by atoms with Crippen LogP contribution in [0.5, 0.6) is 11.5 Å². The van der Waals surface area contributed by atoms with Crippen LogP contribution in [0, 0.1) is 0 Å². The number of carbonyl (C=O) groups is 1. The molecule has 0 bridgehead atoms. The Morgan fingerprint density at radius 1 is 1.35 bits per heavy atom. The SMILES string of the molecule is COc1c(C(=O)O)n(-c2nc3cc(OC(F)F)ccc3[n-]2)ccc1=O.[Na+]. The number of pyridine rings is 1. The number of carboxylic acid groups (broad SMARTS) is 1. The fourth-order valence-electron chi connectivity index (χ4n) is 2.29. The Labute approximate surface area is 166 Å². The maximum absolute atomic E-state index is 12.3. The number of ether oxygens (including phenoxy) is 2. The number of imidazole rings is 1. The van der Waals surface area contributed by atoms with Crippen molar-refractivity contribution in [2.45, 2.75) is 6.61 Å². The van der Waals surface area contributed by atoms with Crippen LogP contribution in [0.2, 0.25) is 0 Å². The van der Waals surface area contributed by atoms with Gasteiger partial charge in [-0.15, -0.1) is 0 Å². The normalized spacial score (nSPS) is 10.6. The van der Waals surface area contributed by atoms with Crippen LogP contribution >= 0.6 is 0 Å². The molecule has 0 amide bonds. The maximum Gasteiger partial charge on any atom is 1.00 e. The molecule has 3 aromatic rings. The van der Waals surface area contributed by atoms with Crippen LogP contribution in [-0.4, -0.2) is 34.3 Å². The molecule has 0 fully saturated rings. The molecule has 0 aliphatic heterocycles. The van der Waals surface area contributed by atoms with Gasteiger partial charge in [0.1, 0.15) is 11.4 Å². The molecule has 3 rings (SSSR count). The first-order valence-corrected chi connectivity index (χ1v) is 6.83. The Balaban J connectivity index is 0.00000243. The Morgan fingerprint density at radius 3 is 2.69 bits per heavy atom. The standard InChI is InChI=1S/C15H11F2N3O5.Na/c1-24-12-10(21)4-5-20(11(12)13(22)23)15-18-8-3-2-7(25-14(16)17)6-9(8)19-15;/h2-6,14H,1H3,(H2,18,19,22,23);/q;+1/p-1. The number of fused-ring (bicyclic) bond motifs is 1. The van der Waals surface area contributed by atoms with E-state index in [0.29, 0.717) is 5.52 Å². The molecule has 0 aliphatic rings. The number of hydrogen-bond donors (Lipinski definition) is 1. The molecular formula is C15H10F2N3NaO5. The molecule has 130 valence electrons. The minimum absolute atomic E-state index is 0. The molecule has 2 aromatic heterocycles. The van der Waals surface area contributed by atoms with Crippen molar-refractivity contribution < 1.29 is 57.7 Å². The van der Waals surface area contributed by atoms with E-state index in [2.05, 4.69) is 14.7 Å². The van der Waals surface area contributed by atoms with Crippen molar-refractivity contribution in [1.82, 2.24) is 14.5 Å². The number of halogens is 2. The van der Waals surface area contributed by atoms with Gasteiger partial charge in [0, 0.05) is 17.0 Å². The number of rotatable bonds is 5. The molecule has 1 aromatic carbocycles. The van der Waals surface area contributed by atoms with Crippen LogP contribution < -0.4 is 49.4 Å². The number of methoxy groups -OCH3 is 1. The van der Waals surface area contributed by atoms with Gasteiger partial charge in [-0.2, -0.15) is 8.78 Å². The summed E-state index contributed by atoms with van der Waals surface area (Å²) < 4.78 is 34.8. The monoisotopic (exact) mass is 373 g/mol. The number of nitrogens with zero attached hydrogens (tertiary/aromatic N) is 3. The molecule has 26 heavy (non-hydrogen) atoms. The fraction of sp³-hybridized carbons (Fsp3) is 0.133. The van der Waals surface area contributed by atoms with E-state index in [1.165, 1.54) is 31.5 Å². The largest absolute Gasteiger partial charge is 1.00 e. The molecular weight excluding hydrogens is 363 g/mol. The van der Waals surface area contributed by atoms with E-state index in [1.54, 1.807) is 0 Å². The van der Waals surface area contributed by atoms with Crippen LogP contribution in [0.15, 0.2) is 35.3 Å². The van der Waals surface area contributed by atoms with Crippen molar-refractivity contribution in [3.05, 3.63) is 46.4 Å². The molecule has 0 unspecified atom stereocenters. The molecule has 11 heteroatoms. The number of aromatic nitrogens is 3. The summed E-state index contributed by atoms with van der Waals surface area (Å²) in [7, 11) is 1.17. The minimum Gasteiger partial charge on any atom is -0.492 e. The quantitative estimate of drug-likeness (QED) is 0.552. The summed E-state index contributed by atoms with van der Waals surface area (Å²) in [6.45, 7) is -2.98. The Hall–Kier alpha value is -2.43. The third-order valence-corrected chi connectivity index (χ3v) is 3.29. The smallest absolute Gasteiger partial charge is 0.492 e. The summed E-state index contributed by atoms with van der Waals surface area (Å²) in [5.41, 5.74) is -0.498. The zero-order chi connectivity index (χ0) is 18.1. The van der Waals surface area contributed by atoms with E-state index in [4.69, 9.17) is 4.74 Å². The molecule has 0 saturated carbocycles. The average Bonchev–Trinajstić information content (AvgIpc) is 2.96. The van der Waals surface area contributed by atoms with Gasteiger partial charge in [-0.25, -0.2) is 4.79 Å². The van der Waals surface area contributed by atoms with Crippen LogP contribution in [0.4, 0.5) is 8.78 Å². The van der Waals surface area contributed by atoms with Crippen molar-refractivity contribution >= 4 is 17.0 Å². The zero-order valence-corrected chi connectivity index (χ0v) is 15.6. The van der Waals surface area contributed by atoms with Crippen LogP contribution in [0.3, 0.4) is 0 Å². The van der Waals surface area contributed by atoms with E-state index in [9.17, 15) is 23.5 Å². The molecule has 0 spiro atoms. The first-order valence-electron chi connectivity index (χ1n) is 6.83. The molecule has 2 heterocycles. The number of benzene rings is 1. The van der Waals surface area contributed by atoms with Crippen LogP contribution in [-0.2, 0) is 0 Å². The first-order chi connectivity index (χ1) is 11.9. The third kappa shape index (κ3) is 3.71. The van der Waals surface area contributed by atoms with E-state index < -0.39 is 23.7 Å². The Morgan fingerprint density at radius 2 is 2.08 bits per heavy atom. The summed E-state index contributed by atoms with van der Waals surface area (Å²) in [5, 5.41) is 9.38. The first kappa shape index (κ1) is 19.9. The third-order valence-electron chi connectivity index (χ3n) is 3.29. The van der Waals surface area contributed by atoms with Gasteiger partial charge >= 0.3 is 42.1 Å². The van der Waals surface area contributed by atoms with Crippen molar-refractivity contribution in [3.8, 4) is 17.4 Å². The minimum atomic E-state index is -2.98. The van der Waals surface area contributed by atoms with E-state index >= 15 is 0 Å². The Bertz CT molecular complexity index is 1020. The Kier molecular flexibility index (Phi) is 6.01. The summed E-state index contributed by atoms with van der Waals surface area (Å²) >= 11 is 0. The summed E-state index contributed by atoms with van der Waals surface area (Å²) in [5.74, 6) is -1.94. The molecule has 8 nitrogen and oxygen atoms in total. The van der Waals surface area contributed by atoms with Gasteiger partial charge in [0.25, 0.3) is 0 Å². The number of carboxylic acids is 1. The molecule has 0 atom stereocenters. The number of aromatic carboxylic acids is 1. The second-order valence-electron chi connectivity index (χ2n) is 4.79. The van der Waals surface area contributed by atoms with Crippen molar-refractivity contribution in [2.75, 3.05) is 7.11 Å². The molecule has 0 saturated heterocycles. The van der Waals surface area contributed by atoms with Gasteiger partial charge in [-0.1, -0.05) is 0 Å². The topological polar surface area (TPSA) is 105 Å². The summed E-state index contributed by atoms with van der Waals surface area (Å²) in [6, 6.07) is 5.05. The van der Waals surface area contributed by atoms with Gasteiger partial charge in [0.2, 0.25) is 5.43 Å². The van der Waals surface area contributed by atoms with E-state index in [0.717, 1.165) is 10.6 Å². The molecule has 0 aliphatic carbocycles. The van der Waals surface area contributed by atoms with Gasteiger partial charge < -0.3 is 29.1 Å². The van der Waals surface area contributed by atoms with Crippen LogP contribution in [0.1, 0.15) is 10.5 Å². The van der Waals surface area contributed by atoms with Crippen LogP contribution in [0.25, 0.3) is 17.0 Å². The van der Waals surface area contributed by atoms with Crippen molar-refractivity contribution in [2.24, 2.45) is 0 Å². The fourth-order valence-corrected chi connectivity index (χ4v) is 2.29. The van der Waals surface area contributed by atoms with Gasteiger partial charge in [0.15, 0.2) is 5.75 Å². The van der Waals surface area contributed by atoms with E-state index in [1.807, 2.05) is 0 Å². The second-order valence-corrected chi connectivity index (χ2v) is 4.79.